The third-order valence-electron chi connectivity index (χ3n) is 3.70. The molecule has 128 valence electrons. The number of amides is 2. The van der Waals surface area contributed by atoms with Gasteiger partial charge in [0.25, 0.3) is 0 Å². The van der Waals surface area contributed by atoms with Crippen molar-refractivity contribution < 1.29 is 9.59 Å². The lowest BCUT2D eigenvalue weighted by atomic mass is 10.0. The Morgan fingerprint density at radius 1 is 1.21 bits per heavy atom. The number of nitrogens with one attached hydrogen (secondary N) is 2. The van der Waals surface area contributed by atoms with Crippen LogP contribution in [-0.4, -0.2) is 22.8 Å². The minimum atomic E-state index is -0.571. The number of carbonyl (C=O) groups excluding carboxylic acids is 2. The summed E-state index contributed by atoms with van der Waals surface area (Å²) in [5.74, 6) is -0.475. The Bertz CT molecular complexity index is 707. The van der Waals surface area contributed by atoms with Gasteiger partial charge in [0.05, 0.1) is 5.69 Å². The molecule has 0 bridgehead atoms. The zero-order chi connectivity index (χ0) is 17.7. The highest BCUT2D eigenvalue weighted by Gasteiger charge is 2.23. The second-order valence-electron chi connectivity index (χ2n) is 6.00. The molecular weight excluding hydrogens is 322 g/mol. The molecule has 0 radical (unpaired) electrons. The summed E-state index contributed by atoms with van der Waals surface area (Å²) in [6, 6.07) is 7.66. The molecule has 2 N–H and O–H groups in total. The van der Waals surface area contributed by atoms with Gasteiger partial charge in [0, 0.05) is 17.9 Å². The summed E-state index contributed by atoms with van der Waals surface area (Å²) in [7, 11) is 0. The Kier molecular flexibility index (Phi) is 6.09. The molecule has 1 heterocycles. The van der Waals surface area contributed by atoms with E-state index in [0.717, 1.165) is 17.7 Å². The van der Waals surface area contributed by atoms with E-state index in [1.165, 1.54) is 23.8 Å². The number of hydrogen-bond donors (Lipinski definition) is 2. The molecule has 1 aromatic heterocycles. The Morgan fingerprint density at radius 2 is 1.88 bits per heavy atom. The lowest BCUT2D eigenvalue weighted by molar-refractivity contribution is -0.126. The smallest absolute Gasteiger partial charge is 0.248 e. The fraction of sp³-hybridized carbons (Fsp3) is 0.389. The summed E-state index contributed by atoms with van der Waals surface area (Å²) in [5.41, 5.74) is 3.13. The van der Waals surface area contributed by atoms with E-state index >= 15 is 0 Å². The normalized spacial score (nSPS) is 12.0. The third-order valence-corrected chi connectivity index (χ3v) is 4.46. The molecule has 2 aromatic rings. The van der Waals surface area contributed by atoms with E-state index in [2.05, 4.69) is 34.7 Å². The first-order chi connectivity index (χ1) is 11.4. The van der Waals surface area contributed by atoms with Crippen LogP contribution >= 0.6 is 11.3 Å². The number of anilines is 1. The van der Waals surface area contributed by atoms with Gasteiger partial charge in [-0.15, -0.1) is 11.3 Å². The molecule has 0 fully saturated rings. The molecule has 0 saturated carbocycles. The lowest BCUT2D eigenvalue weighted by Crippen LogP contribution is -2.46. The van der Waals surface area contributed by atoms with Crippen LogP contribution in [0, 0.1) is 5.92 Å². The first-order valence-corrected chi connectivity index (χ1v) is 8.91. The maximum absolute atomic E-state index is 12.4. The largest absolute Gasteiger partial charge is 0.344 e. The van der Waals surface area contributed by atoms with Gasteiger partial charge < -0.3 is 10.6 Å². The van der Waals surface area contributed by atoms with Crippen molar-refractivity contribution in [1.29, 1.82) is 0 Å². The van der Waals surface area contributed by atoms with Gasteiger partial charge in [-0.25, -0.2) is 4.98 Å². The Labute approximate surface area is 146 Å². The van der Waals surface area contributed by atoms with Crippen LogP contribution in [0.2, 0.25) is 0 Å². The summed E-state index contributed by atoms with van der Waals surface area (Å²) in [4.78, 5) is 28.1. The van der Waals surface area contributed by atoms with Crippen LogP contribution in [0.4, 0.5) is 5.13 Å². The van der Waals surface area contributed by atoms with E-state index in [1.54, 1.807) is 0 Å². The molecule has 5 nitrogen and oxygen atoms in total. The SMILES string of the molecule is CCc1ccc(-c2csc(NC(=O)C(NC(C)=O)C(C)C)n2)cc1. The van der Waals surface area contributed by atoms with E-state index in [-0.39, 0.29) is 17.7 Å². The predicted molar refractivity (Wildman–Crippen MR) is 98.0 cm³/mol. The molecule has 0 aliphatic carbocycles. The molecule has 6 heteroatoms. The van der Waals surface area contributed by atoms with Crippen LogP contribution in [0.3, 0.4) is 0 Å². The zero-order valence-electron chi connectivity index (χ0n) is 14.4. The number of aryl methyl sites for hydroxylation is 1. The molecular formula is C18H23N3O2S. The topological polar surface area (TPSA) is 71.1 Å². The number of thiazole rings is 1. The van der Waals surface area contributed by atoms with Gasteiger partial charge in [-0.1, -0.05) is 45.0 Å². The number of hydrogen-bond acceptors (Lipinski definition) is 4. The Balaban J connectivity index is 2.09. The summed E-state index contributed by atoms with van der Waals surface area (Å²) in [6.07, 6.45) is 0.998. The van der Waals surface area contributed by atoms with Crippen molar-refractivity contribution in [2.75, 3.05) is 5.32 Å². The Morgan fingerprint density at radius 3 is 2.42 bits per heavy atom. The molecule has 1 aromatic carbocycles. The molecule has 1 atom stereocenters. The Hall–Kier alpha value is -2.21. The van der Waals surface area contributed by atoms with Crippen LogP contribution < -0.4 is 10.6 Å². The minimum absolute atomic E-state index is 0.00470. The molecule has 0 aliphatic heterocycles. The average Bonchev–Trinajstić information content (AvgIpc) is 3.00. The summed E-state index contributed by atoms with van der Waals surface area (Å²) in [5, 5.41) is 7.92. The quantitative estimate of drug-likeness (QED) is 0.842. The number of aromatic nitrogens is 1. The van der Waals surface area contributed by atoms with Gasteiger partial charge in [0.2, 0.25) is 11.8 Å². The van der Waals surface area contributed by atoms with Gasteiger partial charge in [0.1, 0.15) is 6.04 Å². The molecule has 0 spiro atoms. The number of carbonyl (C=O) groups is 2. The van der Waals surface area contributed by atoms with Crippen LogP contribution in [-0.2, 0) is 16.0 Å². The van der Waals surface area contributed by atoms with Crippen LogP contribution in [0.25, 0.3) is 11.3 Å². The fourth-order valence-corrected chi connectivity index (χ4v) is 3.03. The van der Waals surface area contributed by atoms with E-state index in [1.807, 2.05) is 31.4 Å². The molecule has 0 saturated heterocycles. The van der Waals surface area contributed by atoms with Gasteiger partial charge >= 0.3 is 0 Å². The highest BCUT2D eigenvalue weighted by atomic mass is 32.1. The second-order valence-corrected chi connectivity index (χ2v) is 6.86. The van der Waals surface area contributed by atoms with Crippen molar-refractivity contribution in [2.45, 2.75) is 40.2 Å². The molecule has 0 aliphatic rings. The standard InChI is InChI=1S/C18H23N3O2S/c1-5-13-6-8-14(9-7-13)15-10-24-18(20-15)21-17(23)16(11(2)3)19-12(4)22/h6-11,16H,5H2,1-4H3,(H,19,22)(H,20,21,23). The maximum Gasteiger partial charge on any atom is 0.248 e. The van der Waals surface area contributed by atoms with Crippen molar-refractivity contribution in [2.24, 2.45) is 5.92 Å². The number of benzene rings is 1. The van der Waals surface area contributed by atoms with Crippen molar-refractivity contribution in [3.05, 3.63) is 35.2 Å². The third kappa shape index (κ3) is 4.64. The molecule has 2 amide bonds. The molecule has 1 unspecified atom stereocenters. The zero-order valence-corrected chi connectivity index (χ0v) is 15.2. The molecule has 24 heavy (non-hydrogen) atoms. The van der Waals surface area contributed by atoms with Crippen LogP contribution in [0.1, 0.15) is 33.3 Å². The van der Waals surface area contributed by atoms with E-state index in [9.17, 15) is 9.59 Å². The van der Waals surface area contributed by atoms with Crippen molar-refractivity contribution in [3.8, 4) is 11.3 Å². The highest BCUT2D eigenvalue weighted by Crippen LogP contribution is 2.25. The van der Waals surface area contributed by atoms with Crippen LogP contribution in [0.5, 0.6) is 0 Å². The molecule has 2 rings (SSSR count). The minimum Gasteiger partial charge on any atom is -0.344 e. The summed E-state index contributed by atoms with van der Waals surface area (Å²) in [6.45, 7) is 7.31. The second kappa shape index (κ2) is 8.06. The highest BCUT2D eigenvalue weighted by molar-refractivity contribution is 7.14. The van der Waals surface area contributed by atoms with Gasteiger partial charge in [-0.3, -0.25) is 9.59 Å². The number of rotatable bonds is 6. The number of nitrogens with zero attached hydrogens (tertiary/aromatic N) is 1. The van der Waals surface area contributed by atoms with Crippen molar-refractivity contribution in [3.63, 3.8) is 0 Å². The maximum atomic E-state index is 12.4. The van der Waals surface area contributed by atoms with Gasteiger partial charge in [-0.2, -0.15) is 0 Å². The predicted octanol–water partition coefficient (Wildman–Crippen LogP) is 3.47. The first kappa shape index (κ1) is 18.1. The van der Waals surface area contributed by atoms with E-state index in [0.29, 0.717) is 5.13 Å². The summed E-state index contributed by atoms with van der Waals surface area (Å²) < 4.78 is 0. The van der Waals surface area contributed by atoms with E-state index < -0.39 is 6.04 Å². The average molecular weight is 345 g/mol. The fourth-order valence-electron chi connectivity index (χ4n) is 2.31. The summed E-state index contributed by atoms with van der Waals surface area (Å²) >= 11 is 1.37. The lowest BCUT2D eigenvalue weighted by Gasteiger charge is -2.20. The van der Waals surface area contributed by atoms with Gasteiger partial charge in [-0.05, 0) is 17.9 Å². The van der Waals surface area contributed by atoms with E-state index in [4.69, 9.17) is 0 Å². The van der Waals surface area contributed by atoms with Crippen molar-refractivity contribution >= 4 is 28.3 Å². The van der Waals surface area contributed by atoms with Crippen LogP contribution in [0.15, 0.2) is 29.6 Å². The van der Waals surface area contributed by atoms with Gasteiger partial charge in [0.15, 0.2) is 5.13 Å². The first-order valence-electron chi connectivity index (χ1n) is 8.03. The van der Waals surface area contributed by atoms with Crippen molar-refractivity contribution in [1.82, 2.24) is 10.3 Å². The monoisotopic (exact) mass is 345 g/mol.